The molecule has 4 nitrogen and oxygen atoms in total. The van der Waals surface area contributed by atoms with Crippen molar-refractivity contribution in [2.45, 2.75) is 26.4 Å². The number of benzene rings is 2. The van der Waals surface area contributed by atoms with E-state index in [0.29, 0.717) is 17.9 Å². The van der Waals surface area contributed by atoms with Gasteiger partial charge >= 0.3 is 0 Å². The number of rotatable bonds is 6. The monoisotopic (exact) mass is 294 g/mol. The van der Waals surface area contributed by atoms with Crippen molar-refractivity contribution in [2.24, 2.45) is 5.16 Å². The second kappa shape index (κ2) is 7.84. The lowest BCUT2D eigenvalue weighted by molar-refractivity contribution is 0.306. The molecule has 0 saturated heterocycles. The van der Waals surface area contributed by atoms with Crippen molar-refractivity contribution < 1.29 is 9.94 Å². The summed E-state index contributed by atoms with van der Waals surface area (Å²) in [6.45, 7) is 2.17. The number of nitrogens with zero attached hydrogens (tertiary/aromatic N) is 2. The smallest absolute Gasteiger partial charge is 0.119 e. The van der Waals surface area contributed by atoms with Crippen LogP contribution in [0.2, 0.25) is 0 Å². The Morgan fingerprint density at radius 1 is 1.18 bits per heavy atom. The SMILES string of the molecule is C/C(CCc1ccc(OCc2ccccc2C#N)cc1)=N\O. The molecule has 0 aliphatic heterocycles. The first-order valence-corrected chi connectivity index (χ1v) is 7.10. The molecule has 0 amide bonds. The molecule has 0 bridgehead atoms. The first-order valence-electron chi connectivity index (χ1n) is 7.10. The average molecular weight is 294 g/mol. The zero-order valence-corrected chi connectivity index (χ0v) is 12.5. The number of oxime groups is 1. The maximum absolute atomic E-state index is 9.04. The van der Waals surface area contributed by atoms with Gasteiger partial charge in [0.15, 0.2) is 0 Å². The summed E-state index contributed by atoms with van der Waals surface area (Å²) in [7, 11) is 0. The van der Waals surface area contributed by atoms with Gasteiger partial charge in [-0.05, 0) is 43.5 Å². The molecule has 0 fully saturated rings. The lowest BCUT2D eigenvalue weighted by Gasteiger charge is -2.08. The van der Waals surface area contributed by atoms with Crippen LogP contribution in [0.5, 0.6) is 5.75 Å². The van der Waals surface area contributed by atoms with E-state index in [1.165, 1.54) is 0 Å². The molecule has 0 unspecified atom stereocenters. The van der Waals surface area contributed by atoms with Crippen LogP contribution in [0.4, 0.5) is 0 Å². The topological polar surface area (TPSA) is 65.6 Å². The van der Waals surface area contributed by atoms with E-state index in [-0.39, 0.29) is 0 Å². The maximum Gasteiger partial charge on any atom is 0.119 e. The molecule has 0 atom stereocenters. The summed E-state index contributed by atoms with van der Waals surface area (Å²) >= 11 is 0. The van der Waals surface area contributed by atoms with Gasteiger partial charge < -0.3 is 9.94 Å². The molecule has 0 aliphatic carbocycles. The second-order valence-electron chi connectivity index (χ2n) is 5.04. The Bertz CT molecular complexity index is 685. The van der Waals surface area contributed by atoms with Crippen LogP contribution in [-0.4, -0.2) is 10.9 Å². The molecule has 2 aromatic rings. The van der Waals surface area contributed by atoms with Crippen LogP contribution < -0.4 is 4.74 Å². The molecule has 0 saturated carbocycles. The quantitative estimate of drug-likeness (QED) is 0.499. The number of hydrogen-bond donors (Lipinski definition) is 1. The molecule has 112 valence electrons. The highest BCUT2D eigenvalue weighted by Gasteiger charge is 2.02. The predicted octanol–water partition coefficient (Wildman–Crippen LogP) is 3.92. The zero-order valence-electron chi connectivity index (χ0n) is 12.5. The van der Waals surface area contributed by atoms with Gasteiger partial charge in [-0.3, -0.25) is 0 Å². The van der Waals surface area contributed by atoms with Gasteiger partial charge in [-0.15, -0.1) is 0 Å². The molecule has 0 spiro atoms. The van der Waals surface area contributed by atoms with E-state index in [4.69, 9.17) is 15.2 Å². The van der Waals surface area contributed by atoms with Crippen LogP contribution in [0.15, 0.2) is 53.7 Å². The lowest BCUT2D eigenvalue weighted by Crippen LogP contribution is -1.99. The first-order chi connectivity index (χ1) is 10.7. The minimum absolute atomic E-state index is 0.374. The fraction of sp³-hybridized carbons (Fsp3) is 0.222. The summed E-state index contributed by atoms with van der Waals surface area (Å²) in [6.07, 6.45) is 1.56. The largest absolute Gasteiger partial charge is 0.489 e. The number of nitriles is 1. The van der Waals surface area contributed by atoms with Gasteiger partial charge in [0.05, 0.1) is 17.3 Å². The van der Waals surface area contributed by atoms with E-state index in [9.17, 15) is 0 Å². The third-order valence-corrected chi connectivity index (χ3v) is 3.40. The Morgan fingerprint density at radius 3 is 2.59 bits per heavy atom. The van der Waals surface area contributed by atoms with E-state index < -0.39 is 0 Å². The van der Waals surface area contributed by atoms with E-state index in [1.54, 1.807) is 13.0 Å². The van der Waals surface area contributed by atoms with Crippen molar-refractivity contribution in [2.75, 3.05) is 0 Å². The first kappa shape index (κ1) is 15.6. The molecule has 2 aromatic carbocycles. The van der Waals surface area contributed by atoms with Gasteiger partial charge in [-0.1, -0.05) is 35.5 Å². The summed E-state index contributed by atoms with van der Waals surface area (Å²) in [4.78, 5) is 0. The van der Waals surface area contributed by atoms with Crippen molar-refractivity contribution in [1.29, 1.82) is 5.26 Å². The van der Waals surface area contributed by atoms with Crippen molar-refractivity contribution in [3.8, 4) is 11.8 Å². The molecule has 0 radical (unpaired) electrons. The minimum atomic E-state index is 0.374. The van der Waals surface area contributed by atoms with Gasteiger partial charge in [0.1, 0.15) is 12.4 Å². The van der Waals surface area contributed by atoms with Crippen LogP contribution in [0.1, 0.15) is 30.0 Å². The summed E-state index contributed by atoms with van der Waals surface area (Å²) in [6, 6.07) is 17.4. The van der Waals surface area contributed by atoms with Crippen molar-refractivity contribution in [3.63, 3.8) is 0 Å². The summed E-state index contributed by atoms with van der Waals surface area (Å²) in [5, 5.41) is 20.8. The van der Waals surface area contributed by atoms with E-state index in [0.717, 1.165) is 29.7 Å². The average Bonchev–Trinajstić information content (AvgIpc) is 2.58. The molecule has 2 rings (SSSR count). The Kier molecular flexibility index (Phi) is 5.56. The summed E-state index contributed by atoms with van der Waals surface area (Å²) < 4.78 is 5.72. The molecular formula is C18H18N2O2. The highest BCUT2D eigenvalue weighted by atomic mass is 16.5. The molecule has 0 aliphatic rings. The molecular weight excluding hydrogens is 276 g/mol. The zero-order chi connectivity index (χ0) is 15.8. The third kappa shape index (κ3) is 4.35. The Morgan fingerprint density at radius 2 is 1.91 bits per heavy atom. The Hall–Kier alpha value is -2.80. The maximum atomic E-state index is 9.04. The van der Waals surface area contributed by atoms with E-state index in [1.807, 2.05) is 42.5 Å². The van der Waals surface area contributed by atoms with Crippen LogP contribution in [0.3, 0.4) is 0 Å². The third-order valence-electron chi connectivity index (χ3n) is 3.40. The molecule has 0 aromatic heterocycles. The second-order valence-corrected chi connectivity index (χ2v) is 5.04. The van der Waals surface area contributed by atoms with Gasteiger partial charge in [0, 0.05) is 5.56 Å². The minimum Gasteiger partial charge on any atom is -0.489 e. The highest BCUT2D eigenvalue weighted by Crippen LogP contribution is 2.16. The Balaban J connectivity index is 1.93. The number of aryl methyl sites for hydroxylation is 1. The summed E-state index contributed by atoms with van der Waals surface area (Å²) in [5.41, 5.74) is 3.39. The fourth-order valence-electron chi connectivity index (χ4n) is 2.04. The highest BCUT2D eigenvalue weighted by molar-refractivity contribution is 5.81. The van der Waals surface area contributed by atoms with Crippen LogP contribution >= 0.6 is 0 Å². The van der Waals surface area contributed by atoms with E-state index >= 15 is 0 Å². The number of ether oxygens (including phenoxy) is 1. The predicted molar refractivity (Wildman–Crippen MR) is 85.1 cm³/mol. The molecule has 0 heterocycles. The van der Waals surface area contributed by atoms with E-state index in [2.05, 4.69) is 11.2 Å². The van der Waals surface area contributed by atoms with Gasteiger partial charge in [0.25, 0.3) is 0 Å². The molecule has 4 heteroatoms. The van der Waals surface area contributed by atoms with Crippen LogP contribution in [0, 0.1) is 11.3 Å². The van der Waals surface area contributed by atoms with Crippen molar-refractivity contribution in [1.82, 2.24) is 0 Å². The van der Waals surface area contributed by atoms with Gasteiger partial charge in [-0.25, -0.2) is 0 Å². The number of hydrogen-bond acceptors (Lipinski definition) is 4. The van der Waals surface area contributed by atoms with Crippen molar-refractivity contribution in [3.05, 3.63) is 65.2 Å². The normalized spacial score (nSPS) is 11.0. The van der Waals surface area contributed by atoms with Crippen molar-refractivity contribution >= 4 is 5.71 Å². The standard InChI is InChI=1S/C18H18N2O2/c1-14(20-21)6-7-15-8-10-18(11-9-15)22-13-17-5-3-2-4-16(17)12-19/h2-5,8-11,21H,6-7,13H2,1H3/b20-14+. The molecule has 22 heavy (non-hydrogen) atoms. The Labute approximate surface area is 130 Å². The summed E-state index contributed by atoms with van der Waals surface area (Å²) in [5.74, 6) is 0.768. The lowest BCUT2D eigenvalue weighted by atomic mass is 10.1. The fourth-order valence-corrected chi connectivity index (χ4v) is 2.04. The van der Waals surface area contributed by atoms with Gasteiger partial charge in [0.2, 0.25) is 0 Å². The molecule has 1 N–H and O–H groups in total. The van der Waals surface area contributed by atoms with Crippen LogP contribution in [-0.2, 0) is 13.0 Å². The van der Waals surface area contributed by atoms with Crippen LogP contribution in [0.25, 0.3) is 0 Å². The van der Waals surface area contributed by atoms with Gasteiger partial charge in [-0.2, -0.15) is 5.26 Å².